The van der Waals surface area contributed by atoms with Crippen LogP contribution in [0.25, 0.3) is 0 Å². The molecule has 0 aliphatic rings. The Hall–Kier alpha value is -1.30. The van der Waals surface area contributed by atoms with Crippen molar-refractivity contribution < 1.29 is 9.59 Å². The molecule has 112 valence electrons. The number of amides is 2. The summed E-state index contributed by atoms with van der Waals surface area (Å²) in [6, 6.07) is 4.93. The van der Waals surface area contributed by atoms with Gasteiger partial charge in [0.15, 0.2) is 0 Å². The Morgan fingerprint density at radius 2 is 1.90 bits per heavy atom. The van der Waals surface area contributed by atoms with Gasteiger partial charge in [-0.1, -0.05) is 11.6 Å². The average Bonchev–Trinajstić information content (AvgIpc) is 2.32. The SMILES string of the molecule is CNCCCC(=O)Nc1cc(Cl)ccc1NC(C)=O.Cl. The van der Waals surface area contributed by atoms with E-state index in [0.717, 1.165) is 13.0 Å². The standard InChI is InChI=1S/C13H18ClN3O2.ClH/c1-9(18)16-11-6-5-10(14)8-12(11)17-13(19)4-3-7-15-2;/h5-6,8,15H,3-4,7H2,1-2H3,(H,16,18)(H,17,19);1H. The van der Waals surface area contributed by atoms with Crippen LogP contribution in [-0.2, 0) is 9.59 Å². The minimum Gasteiger partial charge on any atom is -0.325 e. The van der Waals surface area contributed by atoms with Crippen molar-refractivity contribution in [3.8, 4) is 0 Å². The Morgan fingerprint density at radius 1 is 1.20 bits per heavy atom. The van der Waals surface area contributed by atoms with Gasteiger partial charge in [-0.2, -0.15) is 0 Å². The van der Waals surface area contributed by atoms with Crippen molar-refractivity contribution in [3.63, 3.8) is 0 Å². The van der Waals surface area contributed by atoms with Gasteiger partial charge >= 0.3 is 0 Å². The minimum absolute atomic E-state index is 0. The second kappa shape index (κ2) is 9.58. The fourth-order valence-corrected chi connectivity index (χ4v) is 1.73. The Morgan fingerprint density at radius 3 is 2.50 bits per heavy atom. The number of hydrogen-bond donors (Lipinski definition) is 3. The van der Waals surface area contributed by atoms with E-state index in [1.54, 1.807) is 18.2 Å². The molecule has 0 unspecified atom stereocenters. The van der Waals surface area contributed by atoms with Gasteiger partial charge in [-0.3, -0.25) is 9.59 Å². The first kappa shape index (κ1) is 18.7. The fourth-order valence-electron chi connectivity index (χ4n) is 1.56. The Labute approximate surface area is 129 Å². The molecular weight excluding hydrogens is 301 g/mol. The third-order valence-corrected chi connectivity index (χ3v) is 2.63. The van der Waals surface area contributed by atoms with E-state index in [4.69, 9.17) is 11.6 Å². The number of benzene rings is 1. The lowest BCUT2D eigenvalue weighted by Crippen LogP contribution is -2.17. The molecule has 2 amide bonds. The first-order chi connectivity index (χ1) is 9.02. The average molecular weight is 320 g/mol. The number of nitrogens with one attached hydrogen (secondary N) is 3. The highest BCUT2D eigenvalue weighted by atomic mass is 35.5. The first-order valence-corrected chi connectivity index (χ1v) is 6.42. The molecule has 0 aromatic heterocycles. The molecule has 0 bridgehead atoms. The minimum atomic E-state index is -0.201. The van der Waals surface area contributed by atoms with Crippen LogP contribution in [0.2, 0.25) is 5.02 Å². The molecule has 0 saturated carbocycles. The zero-order valence-corrected chi connectivity index (χ0v) is 13.0. The van der Waals surface area contributed by atoms with Crippen molar-refractivity contribution in [3.05, 3.63) is 23.2 Å². The van der Waals surface area contributed by atoms with Crippen molar-refractivity contribution in [1.29, 1.82) is 0 Å². The zero-order valence-electron chi connectivity index (χ0n) is 11.5. The Balaban J connectivity index is 0.00000361. The molecule has 0 radical (unpaired) electrons. The zero-order chi connectivity index (χ0) is 14.3. The van der Waals surface area contributed by atoms with Crippen LogP contribution < -0.4 is 16.0 Å². The lowest BCUT2D eigenvalue weighted by atomic mass is 10.2. The molecule has 0 atom stereocenters. The molecule has 1 aromatic carbocycles. The summed E-state index contributed by atoms with van der Waals surface area (Å²) in [7, 11) is 1.84. The van der Waals surface area contributed by atoms with E-state index in [1.165, 1.54) is 6.92 Å². The molecule has 0 aliphatic heterocycles. The fraction of sp³-hybridized carbons (Fsp3) is 0.385. The highest BCUT2D eigenvalue weighted by Gasteiger charge is 2.08. The third kappa shape index (κ3) is 6.75. The summed E-state index contributed by atoms with van der Waals surface area (Å²) in [5.74, 6) is -0.308. The number of halogens is 2. The molecule has 0 saturated heterocycles. The highest BCUT2D eigenvalue weighted by molar-refractivity contribution is 6.31. The summed E-state index contributed by atoms with van der Waals surface area (Å²) < 4.78 is 0. The second-order valence-electron chi connectivity index (χ2n) is 4.13. The van der Waals surface area contributed by atoms with E-state index in [1.807, 2.05) is 7.05 Å². The number of carbonyl (C=O) groups excluding carboxylic acids is 2. The molecule has 7 heteroatoms. The summed E-state index contributed by atoms with van der Waals surface area (Å²) in [4.78, 5) is 22.8. The summed E-state index contributed by atoms with van der Waals surface area (Å²) in [5.41, 5.74) is 1.05. The van der Waals surface area contributed by atoms with Gasteiger partial charge in [0, 0.05) is 18.4 Å². The van der Waals surface area contributed by atoms with E-state index in [-0.39, 0.29) is 24.2 Å². The van der Waals surface area contributed by atoms with Crippen LogP contribution in [0.4, 0.5) is 11.4 Å². The smallest absolute Gasteiger partial charge is 0.224 e. The van der Waals surface area contributed by atoms with Crippen LogP contribution >= 0.6 is 24.0 Å². The molecule has 0 fully saturated rings. The second-order valence-corrected chi connectivity index (χ2v) is 4.56. The predicted octanol–water partition coefficient (Wildman–Crippen LogP) is 2.66. The normalized spacial score (nSPS) is 9.55. The topological polar surface area (TPSA) is 70.2 Å². The maximum Gasteiger partial charge on any atom is 0.224 e. The lowest BCUT2D eigenvalue weighted by molar-refractivity contribution is -0.116. The van der Waals surface area contributed by atoms with Crippen LogP contribution in [0.1, 0.15) is 19.8 Å². The summed E-state index contributed by atoms with van der Waals surface area (Å²) in [6.07, 6.45) is 1.16. The van der Waals surface area contributed by atoms with E-state index >= 15 is 0 Å². The van der Waals surface area contributed by atoms with E-state index in [9.17, 15) is 9.59 Å². The van der Waals surface area contributed by atoms with E-state index < -0.39 is 0 Å². The number of carbonyl (C=O) groups is 2. The van der Waals surface area contributed by atoms with Gasteiger partial charge in [-0.05, 0) is 38.2 Å². The van der Waals surface area contributed by atoms with E-state index in [2.05, 4.69) is 16.0 Å². The number of anilines is 2. The van der Waals surface area contributed by atoms with Crippen molar-refractivity contribution >= 4 is 47.2 Å². The van der Waals surface area contributed by atoms with Gasteiger partial charge in [0.2, 0.25) is 11.8 Å². The molecular formula is C13H19Cl2N3O2. The van der Waals surface area contributed by atoms with Gasteiger partial charge in [0.05, 0.1) is 11.4 Å². The summed E-state index contributed by atoms with van der Waals surface area (Å²) >= 11 is 5.89. The molecule has 1 aromatic rings. The van der Waals surface area contributed by atoms with Crippen LogP contribution in [-0.4, -0.2) is 25.4 Å². The largest absolute Gasteiger partial charge is 0.325 e. The summed E-state index contributed by atoms with van der Waals surface area (Å²) in [5, 5.41) is 8.87. The highest BCUT2D eigenvalue weighted by Crippen LogP contribution is 2.26. The van der Waals surface area contributed by atoms with Crippen molar-refractivity contribution in [1.82, 2.24) is 5.32 Å². The molecule has 0 aliphatic carbocycles. The lowest BCUT2D eigenvalue weighted by Gasteiger charge is -2.12. The van der Waals surface area contributed by atoms with Gasteiger partial charge in [0.1, 0.15) is 0 Å². The van der Waals surface area contributed by atoms with Crippen LogP contribution in [0.5, 0.6) is 0 Å². The van der Waals surface area contributed by atoms with Crippen LogP contribution in [0.3, 0.4) is 0 Å². The molecule has 5 nitrogen and oxygen atoms in total. The van der Waals surface area contributed by atoms with Gasteiger partial charge in [0.25, 0.3) is 0 Å². The maximum atomic E-state index is 11.7. The Bertz CT molecular complexity index is 467. The molecule has 0 spiro atoms. The number of rotatable bonds is 6. The molecule has 0 heterocycles. The third-order valence-electron chi connectivity index (χ3n) is 2.40. The molecule has 1 rings (SSSR count). The molecule has 3 N–H and O–H groups in total. The monoisotopic (exact) mass is 319 g/mol. The van der Waals surface area contributed by atoms with Crippen LogP contribution in [0.15, 0.2) is 18.2 Å². The van der Waals surface area contributed by atoms with Crippen molar-refractivity contribution in [2.75, 3.05) is 24.2 Å². The summed E-state index contributed by atoms with van der Waals surface area (Å²) in [6.45, 7) is 2.19. The van der Waals surface area contributed by atoms with Gasteiger partial charge in [-0.25, -0.2) is 0 Å². The molecule has 20 heavy (non-hydrogen) atoms. The van der Waals surface area contributed by atoms with Gasteiger partial charge in [-0.15, -0.1) is 12.4 Å². The Kier molecular flexibility index (Phi) is 8.96. The van der Waals surface area contributed by atoms with E-state index in [0.29, 0.717) is 22.8 Å². The van der Waals surface area contributed by atoms with Crippen LogP contribution in [0, 0.1) is 0 Å². The predicted molar refractivity (Wildman–Crippen MR) is 84.8 cm³/mol. The van der Waals surface area contributed by atoms with Crippen molar-refractivity contribution in [2.45, 2.75) is 19.8 Å². The van der Waals surface area contributed by atoms with Crippen molar-refractivity contribution in [2.24, 2.45) is 0 Å². The quantitative estimate of drug-likeness (QED) is 0.706. The maximum absolute atomic E-state index is 11.7. The number of hydrogen-bond acceptors (Lipinski definition) is 3. The first-order valence-electron chi connectivity index (χ1n) is 6.04. The van der Waals surface area contributed by atoms with Gasteiger partial charge < -0.3 is 16.0 Å².